The smallest absolute Gasteiger partial charge is 0.216 e. The van der Waals surface area contributed by atoms with E-state index in [0.29, 0.717) is 11.8 Å². The minimum absolute atomic E-state index is 0.0937. The lowest BCUT2D eigenvalue weighted by atomic mass is 9.84. The Hall–Kier alpha value is -15.7. The second kappa shape index (κ2) is 36.6. The number of aryl methyl sites for hydroxylation is 12. The molecule has 141 heavy (non-hydrogen) atoms. The van der Waals surface area contributed by atoms with Crippen molar-refractivity contribution in [2.75, 3.05) is 0 Å². The van der Waals surface area contributed by atoms with Gasteiger partial charge >= 0.3 is 0 Å². The molecule has 10 heteroatoms. The average molecular weight is 1840 g/mol. The highest BCUT2D eigenvalue weighted by atomic mass is 16.3. The van der Waals surface area contributed by atoms with E-state index in [9.17, 15) is 0 Å². The molecule has 0 spiro atoms. The molecule has 10 heterocycles. The lowest BCUT2D eigenvalue weighted by molar-refractivity contribution is -0.660. The number of aromatic nitrogens is 5. The van der Waals surface area contributed by atoms with Crippen molar-refractivity contribution in [1.29, 1.82) is 0 Å². The topological polar surface area (TPSA) is 85.1 Å². The van der Waals surface area contributed by atoms with Crippen LogP contribution >= 0.6 is 0 Å². The van der Waals surface area contributed by atoms with E-state index in [1.165, 1.54) is 252 Å². The zero-order chi connectivity index (χ0) is 97.1. The first-order valence-corrected chi connectivity index (χ1v) is 50.0. The standard InChI is InChI=1S/C29H28NO.C27H26NO.C26H24NO.C25H22NO.C24H20NO/c1-19-12-13-24-25-16-21-10-6-7-11-22(21)18-27(25)31-29(24)28(19)26-17-23(14-15-30(26)2)20-8-4-3-5-9-20;1-17-10-11-21-22-14-18-8-6-7-9-19(18)15-24(22)29-26(21)25(17)23-16-20(27(2,3)4)12-13-28(23)5;1-16(2)20-10-12-23(27(4)15-20)25-17(3)9-11-21-22-13-18-7-5-6-8-19(18)14-24(22)28-26(21)25;1-4-17-10-12-22(26(3)15-17)24-16(2)9-11-20-21-13-18-7-5-6-8-19(18)14-23(21)27-25(20)24;1-15-8-11-21(25(3)14-15)23-16(2)9-10-19-20-12-17-6-4-5-7-18(17)13-22(20)26-24(19)23/h6-7,10-18,20H,3-5,8-9H2,1-2H3;6-16H,1-5H3;5-16H,1-4H3;5-15H,4H2,1-3H3;4-14H,1-3H3/q5*+1. The molecule has 1 aliphatic carbocycles. The van der Waals surface area contributed by atoms with Crippen LogP contribution in [0.4, 0.5) is 0 Å². The molecule has 1 saturated carbocycles. The third kappa shape index (κ3) is 16.8. The van der Waals surface area contributed by atoms with Crippen molar-refractivity contribution in [3.8, 4) is 56.3 Å². The molecule has 15 aromatic carbocycles. The van der Waals surface area contributed by atoms with E-state index in [2.05, 4.69) is 475 Å². The van der Waals surface area contributed by atoms with Crippen molar-refractivity contribution in [3.05, 3.63) is 390 Å². The van der Waals surface area contributed by atoms with E-state index in [-0.39, 0.29) is 5.41 Å². The third-order valence-electron chi connectivity index (χ3n) is 29.8. The first-order valence-electron chi connectivity index (χ1n) is 50.0. The SMILES string of the molecule is CCc1ccc(-c2c(C)ccc3c2oc2cc4ccccc4cc23)[n+](C)c1.Cc1ccc(-c2c(C)ccc3c2oc2cc4ccccc4cc23)[n+](C)c1.Cc1ccc2c(oc3cc4ccccc4cc32)c1-c1cc(C(C)(C)C)cc[n+]1C.Cc1ccc2c(oc3cc4ccccc4cc32)c1-c1cc(C2CCCCC2)cc[n+]1C.Cc1ccc2c(oc3cc4ccccc4cc32)c1-c1ccc(C(C)C)c[n+]1C. The van der Waals surface area contributed by atoms with Crippen LogP contribution in [0.3, 0.4) is 0 Å². The lowest BCUT2D eigenvalue weighted by Crippen LogP contribution is -2.32. The highest BCUT2D eigenvalue weighted by Crippen LogP contribution is 2.47. The summed E-state index contributed by atoms with van der Waals surface area (Å²) in [6.45, 7) is 26.4. The Labute approximate surface area is 823 Å². The van der Waals surface area contributed by atoms with Gasteiger partial charge in [-0.05, 0) is 250 Å². The van der Waals surface area contributed by atoms with Gasteiger partial charge in [-0.15, -0.1) is 0 Å². The molecule has 1 fully saturated rings. The maximum absolute atomic E-state index is 6.55. The van der Waals surface area contributed by atoms with Crippen LogP contribution in [0, 0.1) is 41.5 Å². The number of hydrogen-bond donors (Lipinski definition) is 0. The quantitative estimate of drug-likeness (QED) is 0.142. The van der Waals surface area contributed by atoms with Crippen LogP contribution in [0.2, 0.25) is 0 Å². The van der Waals surface area contributed by atoms with Gasteiger partial charge < -0.3 is 22.1 Å². The summed E-state index contributed by atoms with van der Waals surface area (Å²) < 4.78 is 43.4. The van der Waals surface area contributed by atoms with E-state index in [1.807, 2.05) is 0 Å². The molecule has 0 N–H and O–H groups in total. The number of fused-ring (bicyclic) bond motifs is 20. The van der Waals surface area contributed by atoms with Gasteiger partial charge in [0.2, 0.25) is 28.5 Å². The van der Waals surface area contributed by atoms with E-state index < -0.39 is 0 Å². The fourth-order valence-corrected chi connectivity index (χ4v) is 21.9. The minimum atomic E-state index is 0.0937. The summed E-state index contributed by atoms with van der Waals surface area (Å²) in [6, 6.07) is 109. The maximum Gasteiger partial charge on any atom is 0.216 e. The van der Waals surface area contributed by atoms with E-state index in [0.717, 1.165) is 62.3 Å². The summed E-state index contributed by atoms with van der Waals surface area (Å²) in [5, 5.41) is 24.1. The minimum Gasteiger partial charge on any atom is -0.455 e. The predicted octanol–water partition coefficient (Wildman–Crippen LogP) is 33.0. The van der Waals surface area contributed by atoms with Gasteiger partial charge in [-0.2, -0.15) is 0 Å². The van der Waals surface area contributed by atoms with Crippen molar-refractivity contribution in [3.63, 3.8) is 0 Å². The Morgan fingerprint density at radius 1 is 0.284 bits per heavy atom. The van der Waals surface area contributed by atoms with Gasteiger partial charge in [0.15, 0.2) is 31.0 Å². The molecule has 10 aromatic heterocycles. The van der Waals surface area contributed by atoms with Crippen molar-refractivity contribution < 1.29 is 44.9 Å². The monoisotopic (exact) mass is 1840 g/mol. The van der Waals surface area contributed by atoms with Crippen LogP contribution in [-0.4, -0.2) is 0 Å². The van der Waals surface area contributed by atoms with Gasteiger partial charge in [-0.25, -0.2) is 22.8 Å². The van der Waals surface area contributed by atoms with Gasteiger partial charge in [0.1, 0.15) is 91.1 Å². The third-order valence-corrected chi connectivity index (χ3v) is 29.8. The molecule has 25 aromatic rings. The molecule has 1 aliphatic rings. The molecule has 0 amide bonds. The first kappa shape index (κ1) is 90.5. The Morgan fingerprint density at radius 2 is 0.582 bits per heavy atom. The van der Waals surface area contributed by atoms with Crippen LogP contribution in [0.25, 0.3) is 220 Å². The van der Waals surface area contributed by atoms with E-state index in [4.69, 9.17) is 22.1 Å². The second-order valence-electron chi connectivity index (χ2n) is 40.8. The maximum atomic E-state index is 6.55. The van der Waals surface area contributed by atoms with E-state index >= 15 is 0 Å². The van der Waals surface area contributed by atoms with Crippen molar-refractivity contribution >= 4 is 164 Å². The molecule has 0 saturated heterocycles. The van der Waals surface area contributed by atoms with Crippen LogP contribution in [0.1, 0.15) is 141 Å². The van der Waals surface area contributed by atoms with Gasteiger partial charge in [-0.3, -0.25) is 0 Å². The highest BCUT2D eigenvalue weighted by molar-refractivity contribution is 6.19. The molecule has 26 rings (SSSR count). The fraction of sp³-hybridized carbons (Fsp3) is 0.198. The molecule has 0 atom stereocenters. The summed E-state index contributed by atoms with van der Waals surface area (Å²) in [5.41, 5.74) is 34.5. The molecule has 0 radical (unpaired) electrons. The van der Waals surface area contributed by atoms with Gasteiger partial charge in [0, 0.05) is 113 Å². The first-order chi connectivity index (χ1) is 68.3. The van der Waals surface area contributed by atoms with Crippen LogP contribution in [0.5, 0.6) is 0 Å². The number of pyridine rings is 5. The van der Waals surface area contributed by atoms with Gasteiger partial charge in [-0.1, -0.05) is 243 Å². The number of hydrogen-bond acceptors (Lipinski definition) is 5. The molecule has 0 aliphatic heterocycles. The van der Waals surface area contributed by atoms with Crippen molar-refractivity contribution in [2.24, 2.45) is 35.2 Å². The zero-order valence-electron chi connectivity index (χ0n) is 83.9. The molecule has 0 bridgehead atoms. The fourth-order valence-electron chi connectivity index (χ4n) is 21.9. The summed E-state index contributed by atoms with van der Waals surface area (Å²) in [4.78, 5) is 0. The largest absolute Gasteiger partial charge is 0.455 e. The van der Waals surface area contributed by atoms with E-state index in [1.54, 1.807) is 0 Å². The Morgan fingerprint density at radius 3 is 0.894 bits per heavy atom. The Balaban J connectivity index is 0.000000101. The average Bonchev–Trinajstić information content (AvgIpc) is 1.61. The summed E-state index contributed by atoms with van der Waals surface area (Å²) in [7, 11) is 10.6. The summed E-state index contributed by atoms with van der Waals surface area (Å²) in [5.74, 6) is 1.20. The number of furan rings is 5. The normalized spacial score (nSPS) is 12.6. The van der Waals surface area contributed by atoms with Crippen LogP contribution in [0.15, 0.2) is 356 Å². The van der Waals surface area contributed by atoms with Gasteiger partial charge in [0.25, 0.3) is 0 Å². The summed E-state index contributed by atoms with van der Waals surface area (Å²) in [6.07, 6.45) is 18.7. The van der Waals surface area contributed by atoms with Crippen molar-refractivity contribution in [2.45, 2.75) is 139 Å². The molecule has 10 nitrogen and oxygen atoms in total. The van der Waals surface area contributed by atoms with Crippen molar-refractivity contribution in [1.82, 2.24) is 0 Å². The van der Waals surface area contributed by atoms with Gasteiger partial charge in [0.05, 0.1) is 27.8 Å². The molecular formula is C131H120N5O5+5. The highest BCUT2D eigenvalue weighted by Gasteiger charge is 2.31. The number of nitrogens with zero attached hydrogens (tertiary/aromatic N) is 5. The number of rotatable bonds is 8. The molecule has 694 valence electrons. The Kier molecular flexibility index (Phi) is 23.5. The second-order valence-corrected chi connectivity index (χ2v) is 40.8. The molecule has 0 unspecified atom stereocenters. The summed E-state index contributed by atoms with van der Waals surface area (Å²) >= 11 is 0. The van der Waals surface area contributed by atoms with Crippen LogP contribution in [-0.2, 0) is 47.1 Å². The number of benzene rings is 15. The lowest BCUT2D eigenvalue weighted by Gasteiger charge is -2.21. The molecular weight excluding hydrogens is 1720 g/mol. The zero-order valence-corrected chi connectivity index (χ0v) is 83.9. The Bertz CT molecular complexity index is 9320. The van der Waals surface area contributed by atoms with Crippen LogP contribution < -0.4 is 22.8 Å². The predicted molar refractivity (Wildman–Crippen MR) is 586 cm³/mol.